The summed E-state index contributed by atoms with van der Waals surface area (Å²) in [6.07, 6.45) is 2.31. The Morgan fingerprint density at radius 3 is 2.08 bits per heavy atom. The Labute approximate surface area is 155 Å². The number of para-hydroxylation sites is 2. The fraction of sp³-hybridized carbons (Fsp3) is 0.174. The SMILES string of the molecule is CCCCNc1ccccc1Nc1ccc(C(=O)c2ccccc2)cc1. The summed E-state index contributed by atoms with van der Waals surface area (Å²) in [5.74, 6) is 0.0405. The van der Waals surface area contributed by atoms with Crippen molar-refractivity contribution in [2.24, 2.45) is 0 Å². The van der Waals surface area contributed by atoms with Crippen LogP contribution in [0.15, 0.2) is 78.9 Å². The highest BCUT2D eigenvalue weighted by Crippen LogP contribution is 2.25. The topological polar surface area (TPSA) is 41.1 Å². The zero-order chi connectivity index (χ0) is 18.2. The van der Waals surface area contributed by atoms with Gasteiger partial charge in [0.2, 0.25) is 0 Å². The number of carbonyl (C=O) groups is 1. The molecule has 0 fully saturated rings. The van der Waals surface area contributed by atoms with Gasteiger partial charge in [-0.3, -0.25) is 4.79 Å². The molecule has 3 aromatic rings. The Balaban J connectivity index is 1.71. The minimum atomic E-state index is 0.0405. The molecule has 0 spiro atoms. The third kappa shape index (κ3) is 4.51. The van der Waals surface area contributed by atoms with Gasteiger partial charge in [0.15, 0.2) is 5.78 Å². The Bertz CT molecular complexity index is 842. The number of carbonyl (C=O) groups excluding carboxylic acids is 1. The van der Waals surface area contributed by atoms with Gasteiger partial charge >= 0.3 is 0 Å². The van der Waals surface area contributed by atoms with Gasteiger partial charge in [-0.2, -0.15) is 0 Å². The van der Waals surface area contributed by atoms with E-state index in [0.717, 1.165) is 30.0 Å². The highest BCUT2D eigenvalue weighted by molar-refractivity contribution is 6.09. The maximum atomic E-state index is 12.5. The smallest absolute Gasteiger partial charge is 0.193 e. The molecule has 2 N–H and O–H groups in total. The molecule has 3 aromatic carbocycles. The van der Waals surface area contributed by atoms with E-state index in [4.69, 9.17) is 0 Å². The quantitative estimate of drug-likeness (QED) is 0.396. The molecule has 0 saturated heterocycles. The fourth-order valence-electron chi connectivity index (χ4n) is 2.76. The second-order valence-electron chi connectivity index (χ2n) is 6.22. The monoisotopic (exact) mass is 344 g/mol. The predicted molar refractivity (Wildman–Crippen MR) is 109 cm³/mol. The van der Waals surface area contributed by atoms with Gasteiger partial charge in [0.25, 0.3) is 0 Å². The molecule has 0 radical (unpaired) electrons. The number of benzene rings is 3. The van der Waals surface area contributed by atoms with Crippen molar-refractivity contribution < 1.29 is 4.79 Å². The van der Waals surface area contributed by atoms with Crippen LogP contribution in [0.2, 0.25) is 0 Å². The number of nitrogens with one attached hydrogen (secondary N) is 2. The Kier molecular flexibility index (Phi) is 6.05. The maximum absolute atomic E-state index is 12.5. The van der Waals surface area contributed by atoms with Crippen molar-refractivity contribution in [1.82, 2.24) is 0 Å². The van der Waals surface area contributed by atoms with Gasteiger partial charge in [-0.25, -0.2) is 0 Å². The molecule has 0 aliphatic rings. The van der Waals surface area contributed by atoms with E-state index >= 15 is 0 Å². The van der Waals surface area contributed by atoms with E-state index in [9.17, 15) is 4.79 Å². The normalized spacial score (nSPS) is 10.3. The molecule has 132 valence electrons. The van der Waals surface area contributed by atoms with E-state index in [1.54, 1.807) is 0 Å². The number of anilines is 3. The predicted octanol–water partition coefficient (Wildman–Crippen LogP) is 5.87. The van der Waals surface area contributed by atoms with Crippen LogP contribution < -0.4 is 10.6 Å². The zero-order valence-corrected chi connectivity index (χ0v) is 15.0. The Morgan fingerprint density at radius 1 is 0.769 bits per heavy atom. The van der Waals surface area contributed by atoms with E-state index in [1.807, 2.05) is 66.7 Å². The van der Waals surface area contributed by atoms with E-state index in [0.29, 0.717) is 11.1 Å². The molecular formula is C23H24N2O. The van der Waals surface area contributed by atoms with Crippen LogP contribution in [0.5, 0.6) is 0 Å². The molecule has 0 heterocycles. The molecule has 0 aromatic heterocycles. The fourth-order valence-corrected chi connectivity index (χ4v) is 2.76. The second kappa shape index (κ2) is 8.86. The van der Waals surface area contributed by atoms with Crippen molar-refractivity contribution in [2.75, 3.05) is 17.2 Å². The summed E-state index contributed by atoms with van der Waals surface area (Å²) in [7, 11) is 0. The van der Waals surface area contributed by atoms with Crippen molar-refractivity contribution in [3.8, 4) is 0 Å². The van der Waals surface area contributed by atoms with Gasteiger partial charge in [0, 0.05) is 23.4 Å². The number of rotatable bonds is 8. The molecule has 0 amide bonds. The zero-order valence-electron chi connectivity index (χ0n) is 15.0. The van der Waals surface area contributed by atoms with Crippen LogP contribution in [0, 0.1) is 0 Å². The molecule has 0 aliphatic heterocycles. The van der Waals surface area contributed by atoms with Gasteiger partial charge in [-0.15, -0.1) is 0 Å². The van der Waals surface area contributed by atoms with Gasteiger partial charge in [0.05, 0.1) is 11.4 Å². The molecule has 3 heteroatoms. The van der Waals surface area contributed by atoms with Crippen molar-refractivity contribution >= 4 is 22.8 Å². The maximum Gasteiger partial charge on any atom is 0.193 e. The lowest BCUT2D eigenvalue weighted by molar-refractivity contribution is 0.103. The van der Waals surface area contributed by atoms with Crippen LogP contribution in [0.25, 0.3) is 0 Å². The first-order valence-corrected chi connectivity index (χ1v) is 9.07. The largest absolute Gasteiger partial charge is 0.383 e. The number of hydrogen-bond donors (Lipinski definition) is 2. The van der Waals surface area contributed by atoms with E-state index in [2.05, 4.69) is 29.7 Å². The van der Waals surface area contributed by atoms with Crippen LogP contribution in [0.3, 0.4) is 0 Å². The lowest BCUT2D eigenvalue weighted by Gasteiger charge is -2.14. The molecule has 0 atom stereocenters. The molecule has 0 unspecified atom stereocenters. The first-order chi connectivity index (χ1) is 12.8. The van der Waals surface area contributed by atoms with E-state index in [-0.39, 0.29) is 5.78 Å². The van der Waals surface area contributed by atoms with Crippen LogP contribution in [-0.2, 0) is 0 Å². The summed E-state index contributed by atoms with van der Waals surface area (Å²) < 4.78 is 0. The van der Waals surface area contributed by atoms with Crippen molar-refractivity contribution in [2.45, 2.75) is 19.8 Å². The van der Waals surface area contributed by atoms with E-state index < -0.39 is 0 Å². The van der Waals surface area contributed by atoms with Gasteiger partial charge in [-0.05, 0) is 42.8 Å². The lowest BCUT2D eigenvalue weighted by Crippen LogP contribution is -2.04. The molecule has 26 heavy (non-hydrogen) atoms. The number of ketones is 1. The second-order valence-corrected chi connectivity index (χ2v) is 6.22. The standard InChI is InChI=1S/C23H24N2O/c1-2-3-17-24-21-11-7-8-12-22(21)25-20-15-13-19(14-16-20)23(26)18-9-5-4-6-10-18/h4-16,24-25H,2-3,17H2,1H3. The molecule has 3 rings (SSSR count). The average molecular weight is 344 g/mol. The summed E-state index contributed by atoms with van der Waals surface area (Å²) in [5.41, 5.74) is 4.48. The minimum Gasteiger partial charge on any atom is -0.383 e. The molecule has 3 nitrogen and oxygen atoms in total. The first-order valence-electron chi connectivity index (χ1n) is 9.07. The van der Waals surface area contributed by atoms with Crippen molar-refractivity contribution in [3.63, 3.8) is 0 Å². The van der Waals surface area contributed by atoms with Crippen LogP contribution >= 0.6 is 0 Å². The third-order valence-electron chi connectivity index (χ3n) is 4.23. The first kappa shape index (κ1) is 17.7. The summed E-state index contributed by atoms with van der Waals surface area (Å²) in [6, 6.07) is 25.1. The number of unbranched alkanes of at least 4 members (excludes halogenated alkanes) is 1. The third-order valence-corrected chi connectivity index (χ3v) is 4.23. The highest BCUT2D eigenvalue weighted by Gasteiger charge is 2.08. The van der Waals surface area contributed by atoms with Gasteiger partial charge in [-0.1, -0.05) is 55.8 Å². The minimum absolute atomic E-state index is 0.0405. The van der Waals surface area contributed by atoms with Crippen LogP contribution in [0.1, 0.15) is 35.7 Å². The van der Waals surface area contributed by atoms with Gasteiger partial charge in [0.1, 0.15) is 0 Å². The molecular weight excluding hydrogens is 320 g/mol. The van der Waals surface area contributed by atoms with Crippen LogP contribution in [-0.4, -0.2) is 12.3 Å². The Hall–Kier alpha value is -3.07. The van der Waals surface area contributed by atoms with Crippen molar-refractivity contribution in [1.29, 1.82) is 0 Å². The van der Waals surface area contributed by atoms with Gasteiger partial charge < -0.3 is 10.6 Å². The highest BCUT2D eigenvalue weighted by atomic mass is 16.1. The summed E-state index contributed by atoms with van der Waals surface area (Å²) >= 11 is 0. The van der Waals surface area contributed by atoms with Crippen LogP contribution in [0.4, 0.5) is 17.1 Å². The summed E-state index contributed by atoms with van der Waals surface area (Å²) in [4.78, 5) is 12.5. The molecule has 0 saturated carbocycles. The summed E-state index contributed by atoms with van der Waals surface area (Å²) in [5, 5.41) is 6.90. The van der Waals surface area contributed by atoms with Crippen molar-refractivity contribution in [3.05, 3.63) is 90.0 Å². The lowest BCUT2D eigenvalue weighted by atomic mass is 10.0. The molecule has 0 aliphatic carbocycles. The summed E-state index contributed by atoms with van der Waals surface area (Å²) in [6.45, 7) is 3.14. The number of hydrogen-bond acceptors (Lipinski definition) is 3. The van der Waals surface area contributed by atoms with E-state index in [1.165, 1.54) is 6.42 Å². The Morgan fingerprint density at radius 2 is 1.38 bits per heavy atom. The molecule has 0 bridgehead atoms. The average Bonchev–Trinajstić information content (AvgIpc) is 2.70.